The van der Waals surface area contributed by atoms with E-state index in [-0.39, 0.29) is 6.03 Å². The van der Waals surface area contributed by atoms with Gasteiger partial charge in [0.25, 0.3) is 0 Å². The van der Waals surface area contributed by atoms with E-state index in [0.29, 0.717) is 12.1 Å². The van der Waals surface area contributed by atoms with Gasteiger partial charge in [0.2, 0.25) is 0 Å². The van der Waals surface area contributed by atoms with Gasteiger partial charge in [0.05, 0.1) is 0 Å². The molecule has 1 unspecified atom stereocenters. The van der Waals surface area contributed by atoms with Crippen molar-refractivity contribution in [2.75, 3.05) is 13.1 Å². The number of likely N-dealkylation sites (tertiary alicyclic amines) is 1. The SMILES string of the molecule is CCC(NC1CCN(C(N)=O)CC1)c1ccc(Br)cc1. The minimum atomic E-state index is -0.302. The lowest BCUT2D eigenvalue weighted by molar-refractivity contribution is 0.182. The number of rotatable bonds is 4. The smallest absolute Gasteiger partial charge is 0.314 e. The van der Waals surface area contributed by atoms with Gasteiger partial charge in [-0.25, -0.2) is 4.79 Å². The van der Waals surface area contributed by atoms with Crippen LogP contribution in [0.3, 0.4) is 0 Å². The number of hydrogen-bond donors (Lipinski definition) is 2. The van der Waals surface area contributed by atoms with Crippen LogP contribution in [0.2, 0.25) is 0 Å². The Hall–Kier alpha value is -1.07. The molecule has 1 aliphatic rings. The Labute approximate surface area is 128 Å². The monoisotopic (exact) mass is 339 g/mol. The number of hydrogen-bond acceptors (Lipinski definition) is 2. The van der Waals surface area contributed by atoms with Gasteiger partial charge in [-0.3, -0.25) is 0 Å². The first-order chi connectivity index (χ1) is 9.60. The highest BCUT2D eigenvalue weighted by molar-refractivity contribution is 9.10. The van der Waals surface area contributed by atoms with Crippen LogP contribution in [-0.2, 0) is 0 Å². The summed E-state index contributed by atoms with van der Waals surface area (Å²) in [4.78, 5) is 12.8. The third-order valence-corrected chi connectivity index (χ3v) is 4.45. The number of piperidine rings is 1. The first kappa shape index (κ1) is 15.3. The number of nitrogens with one attached hydrogen (secondary N) is 1. The van der Waals surface area contributed by atoms with Gasteiger partial charge in [0.1, 0.15) is 0 Å². The number of carbonyl (C=O) groups excluding carboxylic acids is 1. The third-order valence-electron chi connectivity index (χ3n) is 3.92. The van der Waals surface area contributed by atoms with Crippen LogP contribution in [-0.4, -0.2) is 30.1 Å². The molecule has 0 aliphatic carbocycles. The van der Waals surface area contributed by atoms with Gasteiger partial charge >= 0.3 is 6.03 Å². The standard InChI is InChI=1S/C15H22BrN3O/c1-2-14(11-3-5-12(16)6-4-11)18-13-7-9-19(10-8-13)15(17)20/h3-6,13-14,18H,2,7-10H2,1H3,(H2,17,20). The van der Waals surface area contributed by atoms with E-state index >= 15 is 0 Å². The number of benzene rings is 1. The van der Waals surface area contributed by atoms with Gasteiger partial charge in [-0.1, -0.05) is 35.0 Å². The van der Waals surface area contributed by atoms with Crippen LogP contribution < -0.4 is 11.1 Å². The zero-order valence-corrected chi connectivity index (χ0v) is 13.4. The molecule has 0 bridgehead atoms. The van der Waals surface area contributed by atoms with Crippen molar-refractivity contribution in [3.05, 3.63) is 34.3 Å². The van der Waals surface area contributed by atoms with Gasteiger partial charge in [0.15, 0.2) is 0 Å². The molecule has 1 aromatic rings. The summed E-state index contributed by atoms with van der Waals surface area (Å²) in [5.74, 6) is 0. The van der Waals surface area contributed by atoms with Crippen LogP contribution in [0.4, 0.5) is 4.79 Å². The van der Waals surface area contributed by atoms with Crippen molar-refractivity contribution < 1.29 is 4.79 Å². The van der Waals surface area contributed by atoms with Crippen molar-refractivity contribution in [2.24, 2.45) is 5.73 Å². The topological polar surface area (TPSA) is 58.4 Å². The summed E-state index contributed by atoms with van der Waals surface area (Å²) in [6.07, 6.45) is 2.99. The summed E-state index contributed by atoms with van der Waals surface area (Å²) in [5.41, 5.74) is 6.62. The van der Waals surface area contributed by atoms with E-state index in [1.807, 2.05) is 0 Å². The summed E-state index contributed by atoms with van der Waals surface area (Å²) >= 11 is 3.47. The number of urea groups is 1. The number of amides is 2. The molecule has 0 spiro atoms. The first-order valence-electron chi connectivity index (χ1n) is 7.16. The number of nitrogens with zero attached hydrogens (tertiary/aromatic N) is 1. The molecule has 2 amide bonds. The molecular formula is C15H22BrN3O. The molecule has 0 saturated carbocycles. The Morgan fingerprint density at radius 2 is 2.00 bits per heavy atom. The lowest BCUT2D eigenvalue weighted by Crippen LogP contribution is -2.47. The molecule has 1 atom stereocenters. The lowest BCUT2D eigenvalue weighted by Gasteiger charge is -2.33. The van der Waals surface area contributed by atoms with Gasteiger partial charge in [0, 0.05) is 29.6 Å². The van der Waals surface area contributed by atoms with Crippen LogP contribution >= 0.6 is 15.9 Å². The van der Waals surface area contributed by atoms with Gasteiger partial charge < -0.3 is 16.0 Å². The predicted octanol–water partition coefficient (Wildman–Crippen LogP) is 3.03. The summed E-state index contributed by atoms with van der Waals surface area (Å²) in [6.45, 7) is 3.70. The van der Waals surface area contributed by atoms with Crippen molar-refractivity contribution >= 4 is 22.0 Å². The number of carbonyl (C=O) groups is 1. The Morgan fingerprint density at radius 1 is 1.40 bits per heavy atom. The van der Waals surface area contributed by atoms with E-state index in [1.54, 1.807) is 4.90 Å². The largest absolute Gasteiger partial charge is 0.351 e. The van der Waals surface area contributed by atoms with Gasteiger partial charge in [-0.2, -0.15) is 0 Å². The summed E-state index contributed by atoms with van der Waals surface area (Å²) in [6, 6.07) is 8.99. The van der Waals surface area contributed by atoms with Crippen LogP contribution in [0.1, 0.15) is 37.8 Å². The Kier molecular flexibility index (Phi) is 5.43. The van der Waals surface area contributed by atoms with Gasteiger partial charge in [-0.15, -0.1) is 0 Å². The van der Waals surface area contributed by atoms with E-state index in [9.17, 15) is 4.79 Å². The minimum Gasteiger partial charge on any atom is -0.351 e. The maximum Gasteiger partial charge on any atom is 0.314 e. The fourth-order valence-electron chi connectivity index (χ4n) is 2.70. The maximum atomic E-state index is 11.1. The molecule has 4 nitrogen and oxygen atoms in total. The average molecular weight is 340 g/mol. The van der Waals surface area contributed by atoms with Crippen LogP contribution in [0, 0.1) is 0 Å². The molecule has 3 N–H and O–H groups in total. The molecule has 0 radical (unpaired) electrons. The Morgan fingerprint density at radius 3 is 2.50 bits per heavy atom. The minimum absolute atomic E-state index is 0.302. The van der Waals surface area contributed by atoms with Crippen molar-refractivity contribution in [2.45, 2.75) is 38.3 Å². The van der Waals surface area contributed by atoms with Crippen LogP contribution in [0.25, 0.3) is 0 Å². The summed E-state index contributed by atoms with van der Waals surface area (Å²) < 4.78 is 1.10. The molecule has 1 aliphatic heterocycles. The van der Waals surface area contributed by atoms with Gasteiger partial charge in [-0.05, 0) is 37.0 Å². The lowest BCUT2D eigenvalue weighted by atomic mass is 9.99. The zero-order chi connectivity index (χ0) is 14.5. The van der Waals surface area contributed by atoms with E-state index in [4.69, 9.17) is 5.73 Å². The normalized spacial score (nSPS) is 18.0. The molecule has 5 heteroatoms. The van der Waals surface area contributed by atoms with E-state index in [1.165, 1.54) is 5.56 Å². The highest BCUT2D eigenvalue weighted by Gasteiger charge is 2.23. The third kappa shape index (κ3) is 3.96. The molecule has 1 heterocycles. The second kappa shape index (κ2) is 7.09. The van der Waals surface area contributed by atoms with Crippen LogP contribution in [0.5, 0.6) is 0 Å². The van der Waals surface area contributed by atoms with E-state index in [0.717, 1.165) is 36.8 Å². The number of halogens is 1. The molecule has 1 aromatic carbocycles. The molecule has 2 rings (SSSR count). The molecule has 1 saturated heterocycles. The van der Waals surface area contributed by atoms with E-state index < -0.39 is 0 Å². The summed E-state index contributed by atoms with van der Waals surface area (Å²) in [7, 11) is 0. The average Bonchev–Trinajstić information content (AvgIpc) is 2.46. The molecule has 20 heavy (non-hydrogen) atoms. The molecule has 1 fully saturated rings. The molecule has 0 aromatic heterocycles. The predicted molar refractivity (Wildman–Crippen MR) is 84.5 cm³/mol. The highest BCUT2D eigenvalue weighted by atomic mass is 79.9. The molecule has 110 valence electrons. The first-order valence-corrected chi connectivity index (χ1v) is 7.95. The second-order valence-corrected chi connectivity index (χ2v) is 6.19. The maximum absolute atomic E-state index is 11.1. The van der Waals surface area contributed by atoms with Crippen molar-refractivity contribution in [1.29, 1.82) is 0 Å². The molecular weight excluding hydrogens is 318 g/mol. The highest BCUT2D eigenvalue weighted by Crippen LogP contribution is 2.22. The zero-order valence-electron chi connectivity index (χ0n) is 11.8. The van der Waals surface area contributed by atoms with Crippen molar-refractivity contribution in [1.82, 2.24) is 10.2 Å². The van der Waals surface area contributed by atoms with Crippen LogP contribution in [0.15, 0.2) is 28.7 Å². The fraction of sp³-hybridized carbons (Fsp3) is 0.533. The number of nitrogens with two attached hydrogens (primary N) is 1. The summed E-state index contributed by atoms with van der Waals surface area (Å²) in [5, 5.41) is 3.71. The number of primary amides is 1. The fourth-order valence-corrected chi connectivity index (χ4v) is 2.96. The quantitative estimate of drug-likeness (QED) is 0.885. The van der Waals surface area contributed by atoms with Crippen molar-refractivity contribution in [3.8, 4) is 0 Å². The Bertz CT molecular complexity index is 441. The van der Waals surface area contributed by atoms with Crippen molar-refractivity contribution in [3.63, 3.8) is 0 Å². The Balaban J connectivity index is 1.91. The van der Waals surface area contributed by atoms with E-state index in [2.05, 4.69) is 52.4 Å². The second-order valence-electron chi connectivity index (χ2n) is 5.28.